The molecule has 0 fully saturated rings. The minimum Gasteiger partial charge on any atom is -0.327 e. The summed E-state index contributed by atoms with van der Waals surface area (Å²) >= 11 is 0. The van der Waals surface area contributed by atoms with Crippen LogP contribution in [0, 0.1) is 4.91 Å². The largest absolute Gasteiger partial charge is 0.327 e. The van der Waals surface area contributed by atoms with E-state index in [1.54, 1.807) is 6.08 Å². The van der Waals surface area contributed by atoms with Crippen molar-refractivity contribution in [3.8, 4) is 0 Å². The molecule has 0 saturated carbocycles. The molecule has 1 aromatic carbocycles. The maximum absolute atomic E-state index is 11.3. The lowest BCUT2D eigenvalue weighted by Gasteiger charge is -2.16. The van der Waals surface area contributed by atoms with Crippen LogP contribution in [-0.2, 0) is 17.8 Å². The average Bonchev–Trinajstić information content (AvgIpc) is 2.99. The first-order valence-electron chi connectivity index (χ1n) is 9.07. The molecule has 7 nitrogen and oxygen atoms in total. The first-order chi connectivity index (χ1) is 12.6. The first kappa shape index (κ1) is 19.8. The third-order valence-corrected chi connectivity index (χ3v) is 4.43. The first-order valence-corrected chi connectivity index (χ1v) is 9.07. The summed E-state index contributed by atoms with van der Waals surface area (Å²) in [6.45, 7) is 7.23. The summed E-state index contributed by atoms with van der Waals surface area (Å²) in [4.78, 5) is 28.4. The highest BCUT2D eigenvalue weighted by Gasteiger charge is 2.11. The minimum absolute atomic E-state index is 0.545. The van der Waals surface area contributed by atoms with E-state index in [1.807, 2.05) is 23.6 Å². The van der Waals surface area contributed by atoms with Gasteiger partial charge in [-0.2, -0.15) is 0 Å². The van der Waals surface area contributed by atoms with Gasteiger partial charge in [-0.15, -0.1) is 4.91 Å². The summed E-state index contributed by atoms with van der Waals surface area (Å²) in [5, 5.41) is 2.36. The zero-order valence-electron chi connectivity index (χ0n) is 15.7. The third kappa shape index (κ3) is 5.23. The number of nitroso groups, excluding NO2 is 1. The number of hydrogen-bond donors (Lipinski definition) is 1. The number of rotatable bonds is 10. The van der Waals surface area contributed by atoms with Crippen LogP contribution >= 0.6 is 0 Å². The quantitative estimate of drug-likeness (QED) is 0.402. The number of unbranched alkanes of at least 4 members (excludes halogenated alkanes) is 1. The van der Waals surface area contributed by atoms with Gasteiger partial charge in [-0.25, -0.2) is 10.4 Å². The van der Waals surface area contributed by atoms with Gasteiger partial charge < -0.3 is 9.47 Å². The Bertz CT molecular complexity index is 782. The molecule has 1 N–H and O–H groups in total. The van der Waals surface area contributed by atoms with Crippen LogP contribution in [-0.4, -0.2) is 40.5 Å². The summed E-state index contributed by atoms with van der Waals surface area (Å²) in [5.74, 6) is 0.562. The van der Waals surface area contributed by atoms with E-state index in [0.717, 1.165) is 61.3 Å². The molecule has 1 heterocycles. The highest BCUT2D eigenvalue weighted by atomic mass is 16.3. The second kappa shape index (κ2) is 9.82. The van der Waals surface area contributed by atoms with Crippen molar-refractivity contribution in [1.82, 2.24) is 19.9 Å². The smallest absolute Gasteiger partial charge is 0.266 e. The van der Waals surface area contributed by atoms with Crippen LogP contribution in [0.25, 0.3) is 17.1 Å². The van der Waals surface area contributed by atoms with Crippen LogP contribution in [0.5, 0.6) is 0 Å². The van der Waals surface area contributed by atoms with E-state index in [9.17, 15) is 9.70 Å². The zero-order valence-corrected chi connectivity index (χ0v) is 15.7. The molecule has 0 atom stereocenters. The lowest BCUT2D eigenvalue weighted by molar-refractivity contribution is -0.116. The zero-order chi connectivity index (χ0) is 18.9. The molecule has 7 heteroatoms. The fourth-order valence-corrected chi connectivity index (χ4v) is 2.76. The predicted octanol–water partition coefficient (Wildman–Crippen LogP) is 3.14. The highest BCUT2D eigenvalue weighted by Crippen LogP contribution is 2.20. The summed E-state index contributed by atoms with van der Waals surface area (Å²) in [7, 11) is 2.12. The van der Waals surface area contributed by atoms with Gasteiger partial charge in [-0.3, -0.25) is 4.79 Å². The highest BCUT2D eigenvalue weighted by molar-refractivity contribution is 5.92. The molecule has 1 aromatic heterocycles. The number of fused-ring (bicyclic) bond motifs is 1. The molecule has 1 amide bonds. The van der Waals surface area contributed by atoms with Crippen molar-refractivity contribution >= 4 is 23.0 Å². The van der Waals surface area contributed by atoms with Crippen molar-refractivity contribution < 1.29 is 4.79 Å². The van der Waals surface area contributed by atoms with Crippen LogP contribution in [0.4, 0.5) is 0 Å². The molecule has 0 unspecified atom stereocenters. The second-order valence-electron chi connectivity index (χ2n) is 6.33. The molecule has 0 aliphatic heterocycles. The number of hydrogen-bond acceptors (Lipinski definition) is 5. The van der Waals surface area contributed by atoms with Crippen LogP contribution in [0.2, 0.25) is 0 Å². The second-order valence-corrected chi connectivity index (χ2v) is 6.33. The van der Waals surface area contributed by atoms with E-state index < -0.39 is 5.91 Å². The molecular formula is C19H27N5O2. The van der Waals surface area contributed by atoms with E-state index in [-0.39, 0.29) is 0 Å². The number of aromatic nitrogens is 2. The number of benzene rings is 1. The van der Waals surface area contributed by atoms with Gasteiger partial charge in [0.05, 0.1) is 16.3 Å². The molecule has 0 aliphatic rings. The van der Waals surface area contributed by atoms with E-state index in [4.69, 9.17) is 4.98 Å². The van der Waals surface area contributed by atoms with E-state index in [0.29, 0.717) is 0 Å². The van der Waals surface area contributed by atoms with E-state index >= 15 is 0 Å². The minimum atomic E-state index is -0.545. The number of carbonyl (C=O) groups is 1. The maximum Gasteiger partial charge on any atom is 0.266 e. The Labute approximate surface area is 154 Å². The van der Waals surface area contributed by atoms with Crippen molar-refractivity contribution in [3.05, 3.63) is 40.6 Å². The molecular weight excluding hydrogens is 330 g/mol. The Morgan fingerprint density at radius 3 is 2.88 bits per heavy atom. The number of nitrogens with one attached hydrogen (secondary N) is 1. The number of aryl methyl sites for hydroxylation is 1. The standard InChI is InChI=1S/C19H27N5O2/c1-4-6-7-18-20-16-14-15(9-11-19(25)21-22-26)8-10-17(16)24(18)13-12-23(3)5-2/h8-11,14H,4-7,12-13H2,1-3H3,(H,21,25,26)/b11-9+. The van der Waals surface area contributed by atoms with Gasteiger partial charge >= 0.3 is 0 Å². The van der Waals surface area contributed by atoms with Gasteiger partial charge in [0, 0.05) is 25.6 Å². The average molecular weight is 357 g/mol. The van der Waals surface area contributed by atoms with Crippen LogP contribution < -0.4 is 5.43 Å². The number of carbonyl (C=O) groups excluding carboxylic acids is 1. The monoisotopic (exact) mass is 357 g/mol. The SMILES string of the molecule is CCCCc1nc2cc(/C=C/C(=O)NN=O)ccc2n1CCN(C)CC. The lowest BCUT2D eigenvalue weighted by atomic mass is 10.2. The molecule has 0 saturated heterocycles. The lowest BCUT2D eigenvalue weighted by Crippen LogP contribution is -2.23. The molecule has 0 radical (unpaired) electrons. The number of likely N-dealkylation sites (N-methyl/N-ethyl adjacent to an activating group) is 1. The molecule has 26 heavy (non-hydrogen) atoms. The maximum atomic E-state index is 11.3. The topological polar surface area (TPSA) is 79.6 Å². The van der Waals surface area contributed by atoms with Gasteiger partial charge in [-0.05, 0) is 43.8 Å². The van der Waals surface area contributed by atoms with Crippen molar-refractivity contribution in [2.75, 3.05) is 20.1 Å². The van der Waals surface area contributed by atoms with Crippen molar-refractivity contribution in [3.63, 3.8) is 0 Å². The Morgan fingerprint density at radius 1 is 1.38 bits per heavy atom. The van der Waals surface area contributed by atoms with Gasteiger partial charge in [0.2, 0.25) is 0 Å². The van der Waals surface area contributed by atoms with Gasteiger partial charge in [0.25, 0.3) is 5.91 Å². The van der Waals surface area contributed by atoms with Crippen molar-refractivity contribution in [2.45, 2.75) is 39.7 Å². The Morgan fingerprint density at radius 2 is 2.19 bits per heavy atom. The number of imidazole rings is 1. The van der Waals surface area contributed by atoms with Crippen LogP contribution in [0.15, 0.2) is 29.6 Å². The van der Waals surface area contributed by atoms with Crippen molar-refractivity contribution in [1.29, 1.82) is 0 Å². The normalized spacial score (nSPS) is 11.5. The number of amides is 1. The molecule has 140 valence electrons. The molecule has 0 spiro atoms. The Hall–Kier alpha value is -2.54. The fraction of sp³-hybridized carbons (Fsp3) is 0.474. The van der Waals surface area contributed by atoms with Gasteiger partial charge in [-0.1, -0.05) is 26.3 Å². The van der Waals surface area contributed by atoms with Crippen LogP contribution in [0.3, 0.4) is 0 Å². The molecule has 2 rings (SSSR count). The van der Waals surface area contributed by atoms with Crippen molar-refractivity contribution in [2.24, 2.45) is 5.29 Å². The summed E-state index contributed by atoms with van der Waals surface area (Å²) in [6.07, 6.45) is 6.13. The molecule has 0 bridgehead atoms. The summed E-state index contributed by atoms with van der Waals surface area (Å²) in [6, 6.07) is 5.95. The Kier molecular flexibility index (Phi) is 7.47. The van der Waals surface area contributed by atoms with Gasteiger partial charge in [0.1, 0.15) is 5.82 Å². The fourth-order valence-electron chi connectivity index (χ4n) is 2.76. The van der Waals surface area contributed by atoms with Crippen LogP contribution in [0.1, 0.15) is 38.1 Å². The van der Waals surface area contributed by atoms with E-state index in [1.165, 1.54) is 6.08 Å². The molecule has 2 aromatic rings. The van der Waals surface area contributed by atoms with Gasteiger partial charge in [0.15, 0.2) is 0 Å². The summed E-state index contributed by atoms with van der Waals surface area (Å²) in [5.41, 5.74) is 4.73. The summed E-state index contributed by atoms with van der Waals surface area (Å²) < 4.78 is 2.30. The number of nitrogens with zero attached hydrogens (tertiary/aromatic N) is 4. The third-order valence-electron chi connectivity index (χ3n) is 4.43. The Balaban J connectivity index is 2.29. The van der Waals surface area contributed by atoms with E-state index in [2.05, 4.69) is 35.6 Å². The predicted molar refractivity (Wildman–Crippen MR) is 104 cm³/mol. The molecule has 0 aliphatic carbocycles.